The Labute approximate surface area is 98.7 Å². The molecule has 0 unspecified atom stereocenters. The van der Waals surface area contributed by atoms with Crippen molar-refractivity contribution in [3.63, 3.8) is 0 Å². The SMILES string of the molecule is C.O=Cc1ccc(Oc2ncccn2)cc1O. The van der Waals surface area contributed by atoms with E-state index in [9.17, 15) is 9.90 Å². The lowest BCUT2D eigenvalue weighted by Crippen LogP contribution is -1.90. The van der Waals surface area contributed by atoms with Gasteiger partial charge < -0.3 is 9.84 Å². The highest BCUT2D eigenvalue weighted by molar-refractivity contribution is 5.79. The van der Waals surface area contributed by atoms with Crippen molar-refractivity contribution in [1.29, 1.82) is 0 Å². The van der Waals surface area contributed by atoms with Crippen molar-refractivity contribution < 1.29 is 14.6 Å². The normalized spacial score (nSPS) is 9.18. The molecule has 0 aliphatic rings. The topological polar surface area (TPSA) is 72.3 Å². The van der Waals surface area contributed by atoms with Gasteiger partial charge in [0.05, 0.1) is 5.56 Å². The summed E-state index contributed by atoms with van der Waals surface area (Å²) in [7, 11) is 0. The zero-order valence-electron chi connectivity index (χ0n) is 8.20. The maximum atomic E-state index is 10.5. The number of hydrogen-bond acceptors (Lipinski definition) is 5. The van der Waals surface area contributed by atoms with Crippen molar-refractivity contribution >= 4 is 6.29 Å². The second-order valence-electron chi connectivity index (χ2n) is 2.97. The molecule has 0 amide bonds. The van der Waals surface area contributed by atoms with Crippen LogP contribution >= 0.6 is 0 Å². The third-order valence-electron chi connectivity index (χ3n) is 1.88. The van der Waals surface area contributed by atoms with E-state index in [-0.39, 0.29) is 24.8 Å². The number of phenols is 1. The minimum atomic E-state index is -0.136. The first-order valence-corrected chi connectivity index (χ1v) is 4.52. The Morgan fingerprint density at radius 2 is 1.94 bits per heavy atom. The van der Waals surface area contributed by atoms with Crippen LogP contribution in [0, 0.1) is 0 Å². The second kappa shape index (κ2) is 5.60. The second-order valence-corrected chi connectivity index (χ2v) is 2.97. The number of benzene rings is 1. The van der Waals surface area contributed by atoms with E-state index < -0.39 is 0 Å². The highest BCUT2D eigenvalue weighted by Gasteiger charge is 2.04. The molecule has 0 saturated carbocycles. The summed E-state index contributed by atoms with van der Waals surface area (Å²) in [6, 6.07) is 6.20. The van der Waals surface area contributed by atoms with Crippen molar-refractivity contribution in [2.75, 3.05) is 0 Å². The fourth-order valence-electron chi connectivity index (χ4n) is 1.13. The molecule has 1 N–H and O–H groups in total. The Hall–Kier alpha value is -2.43. The predicted molar refractivity (Wildman–Crippen MR) is 62.3 cm³/mol. The molecule has 0 saturated heterocycles. The first-order valence-electron chi connectivity index (χ1n) is 4.52. The molecule has 2 rings (SSSR count). The standard InChI is InChI=1S/C11H8N2O3.CH4/c14-7-8-2-3-9(6-10(8)15)16-11-12-4-1-5-13-11;/h1-7,15H;1H4. The van der Waals surface area contributed by atoms with Crippen LogP contribution in [0.25, 0.3) is 0 Å². The molecule has 88 valence electrons. The zero-order valence-corrected chi connectivity index (χ0v) is 8.20. The van der Waals surface area contributed by atoms with Gasteiger partial charge in [-0.05, 0) is 18.2 Å². The summed E-state index contributed by atoms with van der Waals surface area (Å²) in [4.78, 5) is 18.2. The number of aromatic hydroxyl groups is 1. The number of ether oxygens (including phenoxy) is 1. The van der Waals surface area contributed by atoms with Gasteiger partial charge in [-0.1, -0.05) is 7.43 Å². The fraction of sp³-hybridized carbons (Fsp3) is 0.0833. The summed E-state index contributed by atoms with van der Waals surface area (Å²) in [5.41, 5.74) is 0.210. The van der Waals surface area contributed by atoms with Crippen LogP contribution in [-0.2, 0) is 0 Å². The number of nitrogens with zero attached hydrogens (tertiary/aromatic N) is 2. The Bertz CT molecular complexity index is 500. The first kappa shape index (κ1) is 12.6. The number of aldehydes is 1. The van der Waals surface area contributed by atoms with Gasteiger partial charge in [-0.15, -0.1) is 0 Å². The summed E-state index contributed by atoms with van der Waals surface area (Å²) in [5.74, 6) is 0.234. The molecule has 0 radical (unpaired) electrons. The van der Waals surface area contributed by atoms with Crippen molar-refractivity contribution in [2.24, 2.45) is 0 Å². The van der Waals surface area contributed by atoms with Crippen LogP contribution in [0.1, 0.15) is 17.8 Å². The lowest BCUT2D eigenvalue weighted by atomic mass is 10.2. The van der Waals surface area contributed by atoms with Gasteiger partial charge >= 0.3 is 6.01 Å². The summed E-state index contributed by atoms with van der Waals surface area (Å²) >= 11 is 0. The average Bonchev–Trinajstić information content (AvgIpc) is 2.31. The molecule has 0 aliphatic carbocycles. The molecule has 5 heteroatoms. The third kappa shape index (κ3) is 3.01. The number of hydrogen-bond donors (Lipinski definition) is 1. The lowest BCUT2D eigenvalue weighted by Gasteiger charge is -2.04. The Kier molecular flexibility index (Phi) is 4.16. The van der Waals surface area contributed by atoms with Crippen molar-refractivity contribution in [3.05, 3.63) is 42.2 Å². The number of carbonyl (C=O) groups is 1. The van der Waals surface area contributed by atoms with E-state index >= 15 is 0 Å². The number of aromatic nitrogens is 2. The van der Waals surface area contributed by atoms with Crippen LogP contribution < -0.4 is 4.74 Å². The molecule has 2 aromatic rings. The van der Waals surface area contributed by atoms with Crippen molar-refractivity contribution in [3.8, 4) is 17.5 Å². The van der Waals surface area contributed by atoms with Gasteiger partial charge in [-0.2, -0.15) is 0 Å². The molecule has 0 fully saturated rings. The maximum absolute atomic E-state index is 10.5. The van der Waals surface area contributed by atoms with E-state index in [1.54, 1.807) is 24.5 Å². The van der Waals surface area contributed by atoms with Crippen molar-refractivity contribution in [2.45, 2.75) is 7.43 Å². The smallest absolute Gasteiger partial charge is 0.321 e. The highest BCUT2D eigenvalue weighted by Crippen LogP contribution is 2.24. The molecule has 1 aromatic carbocycles. The van der Waals surface area contributed by atoms with E-state index in [0.717, 1.165) is 0 Å². The van der Waals surface area contributed by atoms with E-state index in [1.807, 2.05) is 0 Å². The summed E-state index contributed by atoms with van der Waals surface area (Å²) in [6.45, 7) is 0. The van der Waals surface area contributed by atoms with E-state index in [1.165, 1.54) is 12.1 Å². The molecular formula is C12H12N2O3. The molecule has 0 spiro atoms. The van der Waals surface area contributed by atoms with Crippen LogP contribution in [0.15, 0.2) is 36.7 Å². The van der Waals surface area contributed by atoms with Gasteiger partial charge in [0.1, 0.15) is 11.5 Å². The molecule has 0 bridgehead atoms. The lowest BCUT2D eigenvalue weighted by molar-refractivity contribution is 0.112. The molecule has 5 nitrogen and oxygen atoms in total. The van der Waals surface area contributed by atoms with Gasteiger partial charge in [-0.25, -0.2) is 9.97 Å². The Balaban J connectivity index is 0.00000144. The van der Waals surface area contributed by atoms with E-state index in [4.69, 9.17) is 4.74 Å². The number of carbonyl (C=O) groups excluding carboxylic acids is 1. The largest absolute Gasteiger partial charge is 0.507 e. The fourth-order valence-corrected chi connectivity index (χ4v) is 1.13. The maximum Gasteiger partial charge on any atom is 0.321 e. The Morgan fingerprint density at radius 1 is 1.24 bits per heavy atom. The summed E-state index contributed by atoms with van der Waals surface area (Å²) < 4.78 is 5.26. The van der Waals surface area contributed by atoms with Crippen molar-refractivity contribution in [1.82, 2.24) is 9.97 Å². The molecular weight excluding hydrogens is 220 g/mol. The predicted octanol–water partition coefficient (Wildman–Crippen LogP) is 2.42. The quantitative estimate of drug-likeness (QED) is 0.823. The van der Waals surface area contributed by atoms with Gasteiger partial charge in [-0.3, -0.25) is 4.79 Å². The number of rotatable bonds is 3. The van der Waals surface area contributed by atoms with Gasteiger partial charge in [0.2, 0.25) is 0 Å². The van der Waals surface area contributed by atoms with E-state index in [2.05, 4.69) is 9.97 Å². The summed E-state index contributed by atoms with van der Waals surface area (Å²) in [6.07, 6.45) is 3.65. The third-order valence-corrected chi connectivity index (χ3v) is 1.88. The van der Waals surface area contributed by atoms with Gasteiger partial charge in [0, 0.05) is 18.5 Å². The molecule has 1 aromatic heterocycles. The molecule has 17 heavy (non-hydrogen) atoms. The van der Waals surface area contributed by atoms with Crippen LogP contribution in [0.5, 0.6) is 17.5 Å². The van der Waals surface area contributed by atoms with Crippen LogP contribution in [-0.4, -0.2) is 21.4 Å². The minimum absolute atomic E-state index is 0. The first-order chi connectivity index (χ1) is 7.79. The van der Waals surface area contributed by atoms with Crippen LogP contribution in [0.3, 0.4) is 0 Å². The van der Waals surface area contributed by atoms with Gasteiger partial charge in [0.25, 0.3) is 0 Å². The average molecular weight is 232 g/mol. The monoisotopic (exact) mass is 232 g/mol. The van der Waals surface area contributed by atoms with Crippen LogP contribution in [0.2, 0.25) is 0 Å². The van der Waals surface area contributed by atoms with Gasteiger partial charge in [0.15, 0.2) is 6.29 Å². The highest BCUT2D eigenvalue weighted by atomic mass is 16.5. The minimum Gasteiger partial charge on any atom is -0.507 e. The Morgan fingerprint density at radius 3 is 2.53 bits per heavy atom. The summed E-state index contributed by atoms with van der Waals surface area (Å²) in [5, 5.41) is 9.42. The molecule has 1 heterocycles. The van der Waals surface area contributed by atoms with E-state index in [0.29, 0.717) is 12.0 Å². The number of phenolic OH excluding ortho intramolecular Hbond substituents is 1. The molecule has 0 atom stereocenters. The van der Waals surface area contributed by atoms with Crippen LogP contribution in [0.4, 0.5) is 0 Å². The molecule has 0 aliphatic heterocycles. The zero-order chi connectivity index (χ0) is 11.4.